The molecule has 1 saturated heterocycles. The number of nitrogens with zero attached hydrogens (tertiary/aromatic N) is 2. The highest BCUT2D eigenvalue weighted by Gasteiger charge is 2.30. The number of benzene rings is 1. The minimum absolute atomic E-state index is 0.0526. The number of carbonyl (C=O) groups excluding carboxylic acids is 2. The van der Waals surface area contributed by atoms with Gasteiger partial charge in [0.2, 0.25) is 5.91 Å². The Morgan fingerprint density at radius 1 is 1.23 bits per heavy atom. The first-order valence-corrected chi connectivity index (χ1v) is 10.8. The molecule has 7 nitrogen and oxygen atoms in total. The van der Waals surface area contributed by atoms with E-state index in [0.717, 1.165) is 30.7 Å². The van der Waals surface area contributed by atoms with E-state index in [1.54, 1.807) is 0 Å². The van der Waals surface area contributed by atoms with Crippen LogP contribution in [0, 0.1) is 5.41 Å². The van der Waals surface area contributed by atoms with Crippen molar-refractivity contribution in [3.05, 3.63) is 23.8 Å². The van der Waals surface area contributed by atoms with Crippen LogP contribution in [0.4, 0.5) is 16.2 Å². The predicted molar refractivity (Wildman–Crippen MR) is 122 cm³/mol. The molecule has 0 radical (unpaired) electrons. The molecule has 1 aliphatic heterocycles. The monoisotopic (exact) mass is 418 g/mol. The standard InChI is InChI=1S/C23H38N4O3/c1-16(2)24-22(29)25-18-10-11-20(26(6)7)17(13-18)14-27(21(28)23(3,4)5)15-19-9-8-12-30-19/h10-11,13,16,19H,8-9,12,14-15H2,1-7H3,(H2,24,25,29). The van der Waals surface area contributed by atoms with Crippen LogP contribution in [0.1, 0.15) is 53.0 Å². The van der Waals surface area contributed by atoms with Gasteiger partial charge in [0.1, 0.15) is 0 Å². The number of hydrogen-bond donors (Lipinski definition) is 2. The van der Waals surface area contributed by atoms with E-state index in [1.165, 1.54) is 0 Å². The lowest BCUT2D eigenvalue weighted by molar-refractivity contribution is -0.141. The smallest absolute Gasteiger partial charge is 0.319 e. The van der Waals surface area contributed by atoms with Gasteiger partial charge in [-0.05, 0) is 50.5 Å². The lowest BCUT2D eigenvalue weighted by atomic mass is 9.94. The van der Waals surface area contributed by atoms with Crippen molar-refractivity contribution in [2.24, 2.45) is 5.41 Å². The summed E-state index contributed by atoms with van der Waals surface area (Å²) in [5, 5.41) is 5.72. The topological polar surface area (TPSA) is 73.9 Å². The van der Waals surface area contributed by atoms with Crippen LogP contribution in [-0.2, 0) is 16.1 Å². The summed E-state index contributed by atoms with van der Waals surface area (Å²) >= 11 is 0. The lowest BCUT2D eigenvalue weighted by Crippen LogP contribution is -2.43. The van der Waals surface area contributed by atoms with Crippen LogP contribution >= 0.6 is 0 Å². The molecule has 0 bridgehead atoms. The Labute approximate surface area is 181 Å². The minimum Gasteiger partial charge on any atom is -0.377 e. The number of amides is 3. The molecule has 1 aliphatic rings. The van der Waals surface area contributed by atoms with Crippen LogP contribution in [0.15, 0.2) is 18.2 Å². The SMILES string of the molecule is CC(C)NC(=O)Nc1ccc(N(C)C)c(CN(CC2CCCO2)C(=O)C(C)(C)C)c1. The van der Waals surface area contributed by atoms with E-state index in [-0.39, 0.29) is 24.1 Å². The summed E-state index contributed by atoms with van der Waals surface area (Å²) in [6.07, 6.45) is 2.10. The van der Waals surface area contributed by atoms with Crippen molar-refractivity contribution >= 4 is 23.3 Å². The molecule has 3 amide bonds. The van der Waals surface area contributed by atoms with Gasteiger partial charge in [-0.2, -0.15) is 0 Å². The van der Waals surface area contributed by atoms with E-state index >= 15 is 0 Å². The third-order valence-corrected chi connectivity index (χ3v) is 4.98. The molecule has 0 saturated carbocycles. The summed E-state index contributed by atoms with van der Waals surface area (Å²) in [7, 11) is 3.96. The van der Waals surface area contributed by atoms with E-state index in [2.05, 4.69) is 10.6 Å². The number of rotatable bonds is 7. The first-order chi connectivity index (χ1) is 14.0. The van der Waals surface area contributed by atoms with E-state index in [1.807, 2.05) is 76.7 Å². The van der Waals surface area contributed by atoms with Gasteiger partial charge in [-0.15, -0.1) is 0 Å². The average Bonchev–Trinajstić information content (AvgIpc) is 3.12. The molecule has 0 aromatic heterocycles. The number of hydrogen-bond acceptors (Lipinski definition) is 4. The first-order valence-electron chi connectivity index (χ1n) is 10.8. The summed E-state index contributed by atoms with van der Waals surface area (Å²) in [4.78, 5) is 29.3. The fourth-order valence-electron chi connectivity index (χ4n) is 3.59. The number of anilines is 2. The maximum atomic E-state index is 13.2. The molecule has 30 heavy (non-hydrogen) atoms. The van der Waals surface area contributed by atoms with E-state index in [0.29, 0.717) is 18.8 Å². The molecule has 1 fully saturated rings. The molecule has 0 aliphatic carbocycles. The zero-order valence-corrected chi connectivity index (χ0v) is 19.5. The van der Waals surface area contributed by atoms with Crippen molar-refractivity contribution in [2.75, 3.05) is 37.5 Å². The summed E-state index contributed by atoms with van der Waals surface area (Å²) in [6.45, 7) is 11.5. The van der Waals surface area contributed by atoms with Gasteiger partial charge in [0, 0.05) is 56.6 Å². The van der Waals surface area contributed by atoms with Crippen LogP contribution in [0.5, 0.6) is 0 Å². The Morgan fingerprint density at radius 2 is 1.93 bits per heavy atom. The summed E-state index contributed by atoms with van der Waals surface area (Å²) in [5.74, 6) is 0.0959. The highest BCUT2D eigenvalue weighted by atomic mass is 16.5. The summed E-state index contributed by atoms with van der Waals surface area (Å²) < 4.78 is 5.81. The van der Waals surface area contributed by atoms with Gasteiger partial charge in [0.15, 0.2) is 0 Å². The summed E-state index contributed by atoms with van der Waals surface area (Å²) in [6, 6.07) is 5.63. The zero-order chi connectivity index (χ0) is 22.5. The number of nitrogens with one attached hydrogen (secondary N) is 2. The second-order valence-corrected chi connectivity index (χ2v) is 9.56. The van der Waals surface area contributed by atoms with Crippen molar-refractivity contribution in [1.29, 1.82) is 0 Å². The van der Waals surface area contributed by atoms with Crippen LogP contribution in [0.3, 0.4) is 0 Å². The van der Waals surface area contributed by atoms with Gasteiger partial charge < -0.3 is 25.2 Å². The third-order valence-electron chi connectivity index (χ3n) is 4.98. The quantitative estimate of drug-likeness (QED) is 0.706. The highest BCUT2D eigenvalue weighted by molar-refractivity contribution is 5.90. The van der Waals surface area contributed by atoms with Gasteiger partial charge in [-0.25, -0.2) is 4.79 Å². The van der Waals surface area contributed by atoms with Crippen molar-refractivity contribution in [2.45, 2.75) is 66.2 Å². The molecule has 7 heteroatoms. The van der Waals surface area contributed by atoms with Crippen molar-refractivity contribution < 1.29 is 14.3 Å². The van der Waals surface area contributed by atoms with Crippen LogP contribution < -0.4 is 15.5 Å². The van der Waals surface area contributed by atoms with Crippen molar-refractivity contribution in [3.8, 4) is 0 Å². The molecule has 1 aromatic carbocycles. The van der Waals surface area contributed by atoms with E-state index < -0.39 is 5.41 Å². The molecule has 1 unspecified atom stereocenters. The second kappa shape index (κ2) is 10.2. The number of carbonyl (C=O) groups is 2. The molecular weight excluding hydrogens is 380 g/mol. The Kier molecular flexibility index (Phi) is 8.12. The Morgan fingerprint density at radius 3 is 2.47 bits per heavy atom. The Hall–Kier alpha value is -2.28. The van der Waals surface area contributed by atoms with Gasteiger partial charge in [-0.1, -0.05) is 20.8 Å². The number of ether oxygens (including phenoxy) is 1. The molecule has 0 spiro atoms. The van der Waals surface area contributed by atoms with Gasteiger partial charge in [0.25, 0.3) is 0 Å². The van der Waals surface area contributed by atoms with Gasteiger partial charge in [-0.3, -0.25) is 4.79 Å². The third kappa shape index (κ3) is 6.90. The summed E-state index contributed by atoms with van der Waals surface area (Å²) in [5.41, 5.74) is 2.22. The second-order valence-electron chi connectivity index (χ2n) is 9.56. The largest absolute Gasteiger partial charge is 0.377 e. The fraction of sp³-hybridized carbons (Fsp3) is 0.652. The molecular formula is C23H38N4O3. The zero-order valence-electron chi connectivity index (χ0n) is 19.5. The van der Waals surface area contributed by atoms with Crippen molar-refractivity contribution in [1.82, 2.24) is 10.2 Å². The molecule has 1 atom stereocenters. The molecule has 2 rings (SSSR count). The number of urea groups is 1. The van der Waals surface area contributed by atoms with E-state index in [4.69, 9.17) is 4.74 Å². The Balaban J connectivity index is 2.29. The van der Waals surface area contributed by atoms with Crippen molar-refractivity contribution in [3.63, 3.8) is 0 Å². The molecule has 2 N–H and O–H groups in total. The normalized spacial score (nSPS) is 16.5. The van der Waals surface area contributed by atoms with E-state index in [9.17, 15) is 9.59 Å². The van der Waals surface area contributed by atoms with Gasteiger partial charge in [0.05, 0.1) is 6.10 Å². The highest BCUT2D eigenvalue weighted by Crippen LogP contribution is 2.28. The lowest BCUT2D eigenvalue weighted by Gasteiger charge is -2.32. The van der Waals surface area contributed by atoms with Crippen LogP contribution in [-0.4, -0.2) is 56.2 Å². The minimum atomic E-state index is -0.482. The maximum Gasteiger partial charge on any atom is 0.319 e. The molecule has 168 valence electrons. The molecule has 1 aromatic rings. The Bertz CT molecular complexity index is 734. The fourth-order valence-corrected chi connectivity index (χ4v) is 3.59. The molecule has 1 heterocycles. The first kappa shape index (κ1) is 24.0. The maximum absolute atomic E-state index is 13.2. The van der Waals surface area contributed by atoms with Gasteiger partial charge >= 0.3 is 6.03 Å². The average molecular weight is 419 g/mol. The predicted octanol–water partition coefficient (Wildman–Crippen LogP) is 3.84. The van der Waals surface area contributed by atoms with Crippen LogP contribution in [0.2, 0.25) is 0 Å². The van der Waals surface area contributed by atoms with Crippen LogP contribution in [0.25, 0.3) is 0 Å².